The summed E-state index contributed by atoms with van der Waals surface area (Å²) in [6, 6.07) is 3.33. The van der Waals surface area contributed by atoms with Gasteiger partial charge in [-0.25, -0.2) is 13.4 Å². The van der Waals surface area contributed by atoms with Crippen LogP contribution in [0.2, 0.25) is 0 Å². The van der Waals surface area contributed by atoms with Gasteiger partial charge in [0, 0.05) is 37.4 Å². The minimum atomic E-state index is -3.64. The molecule has 0 spiro atoms. The third-order valence-corrected chi connectivity index (χ3v) is 8.09. The van der Waals surface area contributed by atoms with E-state index in [0.717, 1.165) is 11.1 Å². The van der Waals surface area contributed by atoms with Crippen molar-refractivity contribution in [2.75, 3.05) is 20.1 Å². The van der Waals surface area contributed by atoms with Crippen molar-refractivity contribution in [1.29, 1.82) is 0 Å². The lowest BCUT2D eigenvalue weighted by Gasteiger charge is -2.32. The second-order valence-corrected chi connectivity index (χ2v) is 10.2. The highest BCUT2D eigenvalue weighted by Gasteiger charge is 2.35. The quantitative estimate of drug-likeness (QED) is 0.703. The van der Waals surface area contributed by atoms with Crippen molar-refractivity contribution in [3.05, 3.63) is 35.2 Å². The fourth-order valence-electron chi connectivity index (χ4n) is 3.29. The highest BCUT2D eigenvalue weighted by molar-refractivity contribution is 7.91. The summed E-state index contributed by atoms with van der Waals surface area (Å²) in [5, 5.41) is 0. The highest BCUT2D eigenvalue weighted by atomic mass is 32.2. The van der Waals surface area contributed by atoms with Crippen molar-refractivity contribution in [2.24, 2.45) is 5.92 Å². The fourth-order valence-corrected chi connectivity index (χ4v) is 6.25. The Balaban J connectivity index is 1.69. The van der Waals surface area contributed by atoms with E-state index in [1.807, 2.05) is 6.92 Å². The molecule has 1 aliphatic heterocycles. The monoisotopic (exact) mass is 432 g/mol. The molecule has 11 heteroatoms. The lowest BCUT2D eigenvalue weighted by atomic mass is 9.98. The molecule has 0 aliphatic carbocycles. The first-order valence-corrected chi connectivity index (χ1v) is 11.1. The maximum absolute atomic E-state index is 13.0. The van der Waals surface area contributed by atoms with Crippen molar-refractivity contribution in [3.8, 4) is 0 Å². The molecule has 28 heavy (non-hydrogen) atoms. The molecule has 3 rings (SSSR count). The van der Waals surface area contributed by atoms with Gasteiger partial charge in [0.05, 0.1) is 12.5 Å². The number of aryl methyl sites for hydroxylation is 1. The number of hydrogen-bond acceptors (Lipinski definition) is 5. The van der Waals surface area contributed by atoms with Gasteiger partial charge in [-0.2, -0.15) is 13.1 Å². The van der Waals surface area contributed by atoms with Gasteiger partial charge in [0.15, 0.2) is 0 Å². The van der Waals surface area contributed by atoms with E-state index in [4.69, 9.17) is 0 Å². The van der Waals surface area contributed by atoms with Gasteiger partial charge in [-0.05, 0) is 31.9 Å². The molecular weight excluding hydrogens is 410 g/mol. The van der Waals surface area contributed by atoms with Gasteiger partial charge in [-0.3, -0.25) is 9.36 Å². The number of hydrogen-bond donors (Lipinski definition) is 0. The first-order chi connectivity index (χ1) is 13.2. The molecule has 0 unspecified atom stereocenters. The molecule has 0 radical (unpaired) electrons. The average molecular weight is 433 g/mol. The third-order valence-electron chi connectivity index (χ3n) is 4.76. The lowest BCUT2D eigenvalue weighted by Crippen LogP contribution is -2.45. The van der Waals surface area contributed by atoms with E-state index in [0.29, 0.717) is 24.0 Å². The Kier molecular flexibility index (Phi) is 6.15. The van der Waals surface area contributed by atoms with Crippen LogP contribution in [0.3, 0.4) is 0 Å². The van der Waals surface area contributed by atoms with Gasteiger partial charge in [-0.15, -0.1) is 11.3 Å². The summed E-state index contributed by atoms with van der Waals surface area (Å²) in [5.41, 5.74) is 0. The molecule has 1 fully saturated rings. The summed E-state index contributed by atoms with van der Waals surface area (Å²) >= 11 is 1.20. The Morgan fingerprint density at radius 3 is 2.82 bits per heavy atom. The first-order valence-electron chi connectivity index (χ1n) is 8.81. The van der Waals surface area contributed by atoms with E-state index in [-0.39, 0.29) is 29.0 Å². The molecule has 1 amide bonds. The maximum atomic E-state index is 13.0. The van der Waals surface area contributed by atoms with Gasteiger partial charge in [0.1, 0.15) is 10.0 Å². The Bertz CT molecular complexity index is 942. The summed E-state index contributed by atoms with van der Waals surface area (Å²) in [4.78, 5) is 18.9. The standard InChI is InChI=1S/C17H22F2N4O3S2/c1-12-5-6-15(27-12)28(25,26)22-8-3-4-13(10-22)16(24)21(2)11-14-20-7-9-23(14)17(18)19/h5-7,9,13,17H,3-4,8,10-11H2,1-2H3/t13-/m1/s1. The van der Waals surface area contributed by atoms with Crippen LogP contribution in [0.1, 0.15) is 30.1 Å². The predicted molar refractivity (Wildman–Crippen MR) is 100 cm³/mol. The fraction of sp³-hybridized carbons (Fsp3) is 0.529. The molecule has 1 saturated heterocycles. The second-order valence-electron chi connectivity index (χ2n) is 6.79. The molecule has 0 N–H and O–H groups in total. The Hall–Kier alpha value is -1.85. The van der Waals surface area contributed by atoms with Gasteiger partial charge >= 0.3 is 6.55 Å². The van der Waals surface area contributed by atoms with E-state index in [2.05, 4.69) is 4.98 Å². The highest BCUT2D eigenvalue weighted by Crippen LogP contribution is 2.29. The summed E-state index contributed by atoms with van der Waals surface area (Å²) < 4.78 is 53.9. The zero-order valence-electron chi connectivity index (χ0n) is 15.6. The maximum Gasteiger partial charge on any atom is 0.319 e. The minimum absolute atomic E-state index is 0.0659. The number of amides is 1. The van der Waals surface area contributed by atoms with Crippen LogP contribution >= 0.6 is 11.3 Å². The van der Waals surface area contributed by atoms with E-state index in [1.165, 1.54) is 33.8 Å². The molecule has 0 bridgehead atoms. The molecule has 2 aromatic heterocycles. The largest absolute Gasteiger partial charge is 0.338 e. The number of nitrogens with zero attached hydrogens (tertiary/aromatic N) is 4. The zero-order valence-corrected chi connectivity index (χ0v) is 17.2. The molecule has 2 aromatic rings. The normalized spacial score (nSPS) is 18.5. The van der Waals surface area contributed by atoms with Crippen LogP contribution < -0.4 is 0 Å². The van der Waals surface area contributed by atoms with Crippen molar-refractivity contribution in [3.63, 3.8) is 0 Å². The number of imidazole rings is 1. The number of rotatable bonds is 6. The minimum Gasteiger partial charge on any atom is -0.338 e. The molecule has 0 aromatic carbocycles. The zero-order chi connectivity index (χ0) is 20.5. The predicted octanol–water partition coefficient (Wildman–Crippen LogP) is 2.71. The first kappa shape index (κ1) is 20.9. The van der Waals surface area contributed by atoms with E-state index in [9.17, 15) is 22.0 Å². The average Bonchev–Trinajstić information content (AvgIpc) is 3.30. The molecule has 1 aliphatic rings. The number of carbonyl (C=O) groups is 1. The SMILES string of the molecule is Cc1ccc(S(=O)(=O)N2CCC[C@@H](C(=O)N(C)Cc3nccn3C(F)F)C2)s1. The van der Waals surface area contributed by atoms with Crippen LogP contribution in [-0.2, 0) is 21.4 Å². The van der Waals surface area contributed by atoms with Crippen LogP contribution in [0.15, 0.2) is 28.7 Å². The Morgan fingerprint density at radius 2 is 2.18 bits per heavy atom. The van der Waals surface area contributed by atoms with E-state index >= 15 is 0 Å². The Labute approximate surface area is 166 Å². The van der Waals surface area contributed by atoms with E-state index in [1.54, 1.807) is 12.1 Å². The van der Waals surface area contributed by atoms with Gasteiger partial charge in [0.25, 0.3) is 10.0 Å². The molecule has 1 atom stereocenters. The number of piperidine rings is 1. The number of sulfonamides is 1. The van der Waals surface area contributed by atoms with Gasteiger partial charge in [0.2, 0.25) is 5.91 Å². The van der Waals surface area contributed by atoms with Crippen molar-refractivity contribution in [1.82, 2.24) is 18.8 Å². The molecule has 0 saturated carbocycles. The summed E-state index contributed by atoms with van der Waals surface area (Å²) in [5.74, 6) is -0.698. The number of carbonyl (C=O) groups excluding carboxylic acids is 1. The summed E-state index contributed by atoms with van der Waals surface area (Å²) in [7, 11) is -2.12. The number of alkyl halides is 2. The van der Waals surface area contributed by atoms with Crippen LogP contribution in [0, 0.1) is 12.8 Å². The van der Waals surface area contributed by atoms with Gasteiger partial charge in [-0.1, -0.05) is 0 Å². The molecular formula is C17H22F2N4O3S2. The smallest absolute Gasteiger partial charge is 0.319 e. The molecule has 7 nitrogen and oxygen atoms in total. The van der Waals surface area contributed by atoms with Crippen molar-refractivity contribution >= 4 is 27.3 Å². The number of thiophene rings is 1. The van der Waals surface area contributed by atoms with Crippen LogP contribution in [0.4, 0.5) is 8.78 Å². The third kappa shape index (κ3) is 4.26. The van der Waals surface area contributed by atoms with Crippen molar-refractivity contribution < 1.29 is 22.0 Å². The number of halogens is 2. The molecule has 154 valence electrons. The topological polar surface area (TPSA) is 75.5 Å². The van der Waals surface area contributed by atoms with Gasteiger partial charge < -0.3 is 4.90 Å². The lowest BCUT2D eigenvalue weighted by molar-refractivity contribution is -0.136. The van der Waals surface area contributed by atoms with Crippen LogP contribution in [0.5, 0.6) is 0 Å². The molecule has 3 heterocycles. The van der Waals surface area contributed by atoms with Crippen LogP contribution in [0.25, 0.3) is 0 Å². The Morgan fingerprint density at radius 1 is 1.43 bits per heavy atom. The van der Waals surface area contributed by atoms with Crippen LogP contribution in [-0.4, -0.2) is 53.2 Å². The number of aromatic nitrogens is 2. The summed E-state index contributed by atoms with van der Waals surface area (Å²) in [6.07, 6.45) is 3.55. The summed E-state index contributed by atoms with van der Waals surface area (Å²) in [6.45, 7) is -0.506. The van der Waals surface area contributed by atoms with E-state index < -0.39 is 22.5 Å². The second kappa shape index (κ2) is 8.26. The van der Waals surface area contributed by atoms with Crippen molar-refractivity contribution in [2.45, 2.75) is 37.1 Å².